The SMILES string of the molecule is CCCC1C(=O)N(CCCO)C(=O)C2=C1N=C(Oc1ccccc1)C(Cc1ccc(N)cc1)C2. The summed E-state index contributed by atoms with van der Waals surface area (Å²) in [4.78, 5) is 32.7. The second-order valence-corrected chi connectivity index (χ2v) is 8.79. The first-order valence-corrected chi connectivity index (χ1v) is 11.9. The van der Waals surface area contributed by atoms with E-state index in [4.69, 9.17) is 15.5 Å². The molecule has 7 nitrogen and oxygen atoms in total. The number of aliphatic hydroxyl groups excluding tert-OH is 1. The van der Waals surface area contributed by atoms with E-state index in [9.17, 15) is 14.7 Å². The molecular formula is C27H31N3O4. The average molecular weight is 462 g/mol. The summed E-state index contributed by atoms with van der Waals surface area (Å²) in [5, 5.41) is 9.26. The van der Waals surface area contributed by atoms with Crippen molar-refractivity contribution in [1.82, 2.24) is 4.90 Å². The average Bonchev–Trinajstić information content (AvgIpc) is 2.84. The summed E-state index contributed by atoms with van der Waals surface area (Å²) in [6, 6.07) is 17.1. The van der Waals surface area contributed by atoms with E-state index in [0.29, 0.717) is 54.3 Å². The number of amides is 2. The third-order valence-corrected chi connectivity index (χ3v) is 6.28. The fourth-order valence-corrected chi connectivity index (χ4v) is 4.57. The normalized spacial score (nSPS) is 20.3. The first-order valence-electron chi connectivity index (χ1n) is 11.9. The Morgan fingerprint density at radius 1 is 1.12 bits per heavy atom. The Hall–Kier alpha value is -3.45. The molecule has 0 aromatic heterocycles. The third kappa shape index (κ3) is 5.04. The van der Waals surface area contributed by atoms with E-state index >= 15 is 0 Å². The van der Waals surface area contributed by atoms with Crippen LogP contribution >= 0.6 is 0 Å². The number of para-hydroxylation sites is 1. The standard InChI is InChI=1S/C27H31N3O4/c1-2-7-22-24-23(27(33)30(26(22)32)14-6-15-31)17-19(16-18-10-12-20(28)13-11-18)25(29-24)34-21-8-4-3-5-9-21/h3-5,8-13,19,22,31H,2,6-7,14-17,28H2,1H3. The van der Waals surface area contributed by atoms with Crippen molar-refractivity contribution >= 4 is 23.4 Å². The van der Waals surface area contributed by atoms with Crippen LogP contribution in [0.2, 0.25) is 0 Å². The lowest BCUT2D eigenvalue weighted by Crippen LogP contribution is -2.49. The number of nitrogens with two attached hydrogens (primary N) is 1. The second-order valence-electron chi connectivity index (χ2n) is 8.79. The van der Waals surface area contributed by atoms with Gasteiger partial charge in [0.1, 0.15) is 5.75 Å². The smallest absolute Gasteiger partial charge is 0.258 e. The summed E-state index contributed by atoms with van der Waals surface area (Å²) < 4.78 is 6.22. The Labute approximate surface area is 199 Å². The molecule has 2 aliphatic rings. The van der Waals surface area contributed by atoms with Crippen LogP contribution in [0.4, 0.5) is 5.69 Å². The zero-order chi connectivity index (χ0) is 24.1. The number of ether oxygens (including phenoxy) is 1. The maximum atomic E-state index is 13.4. The van der Waals surface area contributed by atoms with Crippen LogP contribution in [0.3, 0.4) is 0 Å². The monoisotopic (exact) mass is 461 g/mol. The number of hydrogen-bond donors (Lipinski definition) is 2. The van der Waals surface area contributed by atoms with Gasteiger partial charge in [-0.2, -0.15) is 0 Å². The van der Waals surface area contributed by atoms with Crippen LogP contribution in [0.15, 0.2) is 70.9 Å². The van der Waals surface area contributed by atoms with Gasteiger partial charge in [-0.15, -0.1) is 0 Å². The fourth-order valence-electron chi connectivity index (χ4n) is 4.57. The molecule has 34 heavy (non-hydrogen) atoms. The summed E-state index contributed by atoms with van der Waals surface area (Å²) >= 11 is 0. The molecule has 2 amide bonds. The van der Waals surface area contributed by atoms with Crippen molar-refractivity contribution in [2.45, 2.75) is 39.0 Å². The summed E-state index contributed by atoms with van der Waals surface area (Å²) in [7, 11) is 0. The highest BCUT2D eigenvalue weighted by molar-refractivity contribution is 6.10. The van der Waals surface area contributed by atoms with Gasteiger partial charge in [-0.05, 0) is 55.5 Å². The molecule has 0 saturated carbocycles. The maximum absolute atomic E-state index is 13.4. The van der Waals surface area contributed by atoms with Gasteiger partial charge in [0.15, 0.2) is 5.90 Å². The number of rotatable bonds is 8. The van der Waals surface area contributed by atoms with Crippen molar-refractivity contribution in [1.29, 1.82) is 0 Å². The van der Waals surface area contributed by atoms with E-state index in [0.717, 1.165) is 12.0 Å². The van der Waals surface area contributed by atoms with Gasteiger partial charge in [-0.3, -0.25) is 14.5 Å². The number of anilines is 1. The van der Waals surface area contributed by atoms with Gasteiger partial charge in [-0.1, -0.05) is 43.7 Å². The van der Waals surface area contributed by atoms with Crippen LogP contribution in [0, 0.1) is 11.8 Å². The molecule has 0 radical (unpaired) electrons. The summed E-state index contributed by atoms with van der Waals surface area (Å²) in [6.07, 6.45) is 2.81. The molecule has 2 unspecified atom stereocenters. The van der Waals surface area contributed by atoms with Crippen molar-refractivity contribution in [2.75, 3.05) is 18.9 Å². The Bertz CT molecular complexity index is 1090. The van der Waals surface area contributed by atoms with E-state index in [2.05, 4.69) is 0 Å². The summed E-state index contributed by atoms with van der Waals surface area (Å²) in [6.45, 7) is 2.15. The van der Waals surface area contributed by atoms with E-state index in [1.807, 2.05) is 61.5 Å². The molecule has 178 valence electrons. The Morgan fingerprint density at radius 2 is 1.85 bits per heavy atom. The molecule has 2 atom stereocenters. The topological polar surface area (TPSA) is 105 Å². The van der Waals surface area contributed by atoms with Crippen molar-refractivity contribution in [3.63, 3.8) is 0 Å². The lowest BCUT2D eigenvalue weighted by molar-refractivity contribution is -0.146. The summed E-state index contributed by atoms with van der Waals surface area (Å²) in [5.41, 5.74) is 8.72. The molecule has 0 saturated heterocycles. The van der Waals surface area contributed by atoms with Crippen LogP contribution in [0.5, 0.6) is 5.75 Å². The molecule has 2 heterocycles. The predicted molar refractivity (Wildman–Crippen MR) is 131 cm³/mol. The molecule has 0 fully saturated rings. The lowest BCUT2D eigenvalue weighted by Gasteiger charge is -2.36. The van der Waals surface area contributed by atoms with Gasteiger partial charge in [0.25, 0.3) is 5.91 Å². The molecule has 2 aromatic carbocycles. The zero-order valence-corrected chi connectivity index (χ0v) is 19.4. The maximum Gasteiger partial charge on any atom is 0.258 e. The number of hydrogen-bond acceptors (Lipinski definition) is 6. The Morgan fingerprint density at radius 3 is 2.53 bits per heavy atom. The number of carbonyl (C=O) groups excluding carboxylic acids is 2. The molecule has 0 aliphatic carbocycles. The van der Waals surface area contributed by atoms with Crippen molar-refractivity contribution in [3.05, 3.63) is 71.4 Å². The van der Waals surface area contributed by atoms with E-state index < -0.39 is 5.92 Å². The minimum atomic E-state index is -0.483. The highest BCUT2D eigenvalue weighted by atomic mass is 16.5. The number of aliphatic hydroxyl groups is 1. The van der Waals surface area contributed by atoms with Crippen LogP contribution < -0.4 is 10.5 Å². The predicted octanol–water partition coefficient (Wildman–Crippen LogP) is 3.73. The summed E-state index contributed by atoms with van der Waals surface area (Å²) in [5.74, 6) is -0.000578. The van der Waals surface area contributed by atoms with E-state index in [1.54, 1.807) is 0 Å². The van der Waals surface area contributed by atoms with E-state index in [1.165, 1.54) is 4.90 Å². The number of benzene rings is 2. The highest BCUT2D eigenvalue weighted by Crippen LogP contribution is 2.38. The molecule has 2 aromatic rings. The first kappa shape index (κ1) is 23.7. The number of nitrogens with zero attached hydrogens (tertiary/aromatic N) is 2. The van der Waals surface area contributed by atoms with Gasteiger partial charge in [0.2, 0.25) is 5.91 Å². The Balaban J connectivity index is 1.73. The van der Waals surface area contributed by atoms with Gasteiger partial charge >= 0.3 is 0 Å². The fraction of sp³-hybridized carbons (Fsp3) is 0.370. The molecule has 7 heteroatoms. The Kier molecular flexibility index (Phi) is 7.43. The quantitative estimate of drug-likeness (QED) is 0.460. The molecule has 4 rings (SSSR count). The van der Waals surface area contributed by atoms with Crippen LogP contribution in [-0.2, 0) is 16.0 Å². The van der Waals surface area contributed by atoms with Gasteiger partial charge in [0, 0.05) is 30.3 Å². The number of aliphatic imine (C=N–C) groups is 1. The minimum Gasteiger partial charge on any atom is -0.443 e. The minimum absolute atomic E-state index is 0.0750. The van der Waals surface area contributed by atoms with Crippen molar-refractivity contribution in [3.8, 4) is 5.75 Å². The van der Waals surface area contributed by atoms with Crippen LogP contribution in [-0.4, -0.2) is 40.9 Å². The van der Waals surface area contributed by atoms with Gasteiger partial charge in [0.05, 0.1) is 11.6 Å². The lowest BCUT2D eigenvalue weighted by atomic mass is 9.82. The number of carbonyl (C=O) groups is 2. The van der Waals surface area contributed by atoms with Crippen molar-refractivity contribution < 1.29 is 19.4 Å². The zero-order valence-electron chi connectivity index (χ0n) is 19.4. The van der Waals surface area contributed by atoms with Gasteiger partial charge < -0.3 is 15.6 Å². The van der Waals surface area contributed by atoms with Crippen LogP contribution in [0.1, 0.15) is 38.2 Å². The highest BCUT2D eigenvalue weighted by Gasteiger charge is 2.43. The second kappa shape index (κ2) is 10.7. The molecular weight excluding hydrogens is 430 g/mol. The largest absolute Gasteiger partial charge is 0.443 e. The molecule has 3 N–H and O–H groups in total. The van der Waals surface area contributed by atoms with Crippen LogP contribution in [0.25, 0.3) is 0 Å². The molecule has 0 spiro atoms. The van der Waals surface area contributed by atoms with Crippen molar-refractivity contribution in [2.24, 2.45) is 16.8 Å². The van der Waals surface area contributed by atoms with Gasteiger partial charge in [-0.25, -0.2) is 4.99 Å². The molecule has 0 bridgehead atoms. The first-order chi connectivity index (χ1) is 16.5. The molecule has 2 aliphatic heterocycles. The van der Waals surface area contributed by atoms with E-state index in [-0.39, 0.29) is 30.9 Å². The third-order valence-electron chi connectivity index (χ3n) is 6.28. The number of imide groups is 1. The number of nitrogen functional groups attached to an aromatic ring is 1.